The van der Waals surface area contributed by atoms with Gasteiger partial charge in [0.1, 0.15) is 0 Å². The molecule has 2 fully saturated rings. The number of hydrogen-bond donors (Lipinski definition) is 2. The fraction of sp³-hybridized carbons (Fsp3) is 0.667. The van der Waals surface area contributed by atoms with Crippen LogP contribution in [-0.4, -0.2) is 19.0 Å². The van der Waals surface area contributed by atoms with Gasteiger partial charge in [-0.05, 0) is 55.6 Å². The Morgan fingerprint density at radius 1 is 1.55 bits per heavy atom. The lowest BCUT2D eigenvalue weighted by molar-refractivity contribution is -0.124. The average Bonchev–Trinajstić information content (AvgIpc) is 2.90. The molecule has 1 aromatic heterocycles. The third-order valence-electron chi connectivity index (χ3n) is 4.72. The molecule has 1 saturated heterocycles. The monoisotopic (exact) mass is 314 g/mol. The van der Waals surface area contributed by atoms with Gasteiger partial charge in [0, 0.05) is 10.8 Å². The highest BCUT2D eigenvalue weighted by Crippen LogP contribution is 2.58. The zero-order chi connectivity index (χ0) is 13.3. The standard InChI is InChI=1S/C15H22N2OS.ClH/c1-2-12(13-4-3-9-19-13)17-14(18)11-10-15(11)5-7-16-8-6-15;/h3-4,9,11-12,16H,2,5-8,10H2,1H3,(H,17,18);1H. The molecule has 112 valence electrons. The number of rotatable bonds is 4. The highest BCUT2D eigenvalue weighted by Gasteiger charge is 2.57. The number of halogens is 1. The van der Waals surface area contributed by atoms with Crippen molar-refractivity contribution in [1.82, 2.24) is 10.6 Å². The summed E-state index contributed by atoms with van der Waals surface area (Å²) in [5, 5.41) is 8.72. The largest absolute Gasteiger partial charge is 0.348 e. The Labute approximate surface area is 130 Å². The Kier molecular flexibility index (Phi) is 5.10. The summed E-state index contributed by atoms with van der Waals surface area (Å²) < 4.78 is 0. The van der Waals surface area contributed by atoms with Gasteiger partial charge in [-0.25, -0.2) is 0 Å². The van der Waals surface area contributed by atoms with E-state index in [1.54, 1.807) is 11.3 Å². The molecular formula is C15H23ClN2OS. The van der Waals surface area contributed by atoms with Crippen molar-refractivity contribution >= 4 is 29.7 Å². The molecule has 20 heavy (non-hydrogen) atoms. The predicted molar refractivity (Wildman–Crippen MR) is 85.4 cm³/mol. The third kappa shape index (κ3) is 3.02. The molecule has 1 amide bonds. The van der Waals surface area contributed by atoms with Gasteiger partial charge in [0.25, 0.3) is 0 Å². The number of carbonyl (C=O) groups excluding carboxylic acids is 1. The summed E-state index contributed by atoms with van der Waals surface area (Å²) in [6, 6.07) is 4.37. The molecule has 2 unspecified atom stereocenters. The maximum atomic E-state index is 12.4. The summed E-state index contributed by atoms with van der Waals surface area (Å²) in [4.78, 5) is 13.7. The van der Waals surface area contributed by atoms with Crippen molar-refractivity contribution in [2.24, 2.45) is 11.3 Å². The SMILES string of the molecule is CCC(NC(=O)C1CC12CCNCC2)c1cccs1.Cl. The van der Waals surface area contributed by atoms with E-state index in [2.05, 4.69) is 35.1 Å². The molecule has 0 radical (unpaired) electrons. The lowest BCUT2D eigenvalue weighted by Gasteiger charge is -2.24. The average molecular weight is 315 g/mol. The maximum absolute atomic E-state index is 12.4. The van der Waals surface area contributed by atoms with Crippen LogP contribution in [0.5, 0.6) is 0 Å². The Morgan fingerprint density at radius 3 is 2.90 bits per heavy atom. The lowest BCUT2D eigenvalue weighted by Crippen LogP contribution is -2.34. The summed E-state index contributed by atoms with van der Waals surface area (Å²) in [5.74, 6) is 0.547. The second kappa shape index (κ2) is 6.46. The normalized spacial score (nSPS) is 24.8. The van der Waals surface area contributed by atoms with Crippen molar-refractivity contribution in [3.05, 3.63) is 22.4 Å². The zero-order valence-corrected chi connectivity index (χ0v) is 13.5. The second-order valence-electron chi connectivity index (χ2n) is 5.85. The van der Waals surface area contributed by atoms with Crippen LogP contribution in [0.3, 0.4) is 0 Å². The first-order valence-electron chi connectivity index (χ1n) is 7.30. The molecular weight excluding hydrogens is 292 g/mol. The number of hydrogen-bond acceptors (Lipinski definition) is 3. The summed E-state index contributed by atoms with van der Waals surface area (Å²) in [7, 11) is 0. The number of thiophene rings is 1. The van der Waals surface area contributed by atoms with Crippen molar-refractivity contribution in [1.29, 1.82) is 0 Å². The molecule has 1 aromatic rings. The predicted octanol–water partition coefficient (Wildman–Crippen LogP) is 3.13. The molecule has 0 bridgehead atoms. The Balaban J connectivity index is 0.00000147. The van der Waals surface area contributed by atoms with E-state index in [9.17, 15) is 4.79 Å². The van der Waals surface area contributed by atoms with Gasteiger partial charge in [-0.1, -0.05) is 13.0 Å². The van der Waals surface area contributed by atoms with Crippen LogP contribution in [0.15, 0.2) is 17.5 Å². The van der Waals surface area contributed by atoms with E-state index in [1.807, 2.05) is 0 Å². The smallest absolute Gasteiger partial charge is 0.224 e. The molecule has 2 heterocycles. The molecule has 3 nitrogen and oxygen atoms in total. The van der Waals surface area contributed by atoms with Gasteiger partial charge < -0.3 is 10.6 Å². The molecule has 2 N–H and O–H groups in total. The first-order valence-corrected chi connectivity index (χ1v) is 8.18. The minimum absolute atomic E-state index is 0. The minimum Gasteiger partial charge on any atom is -0.348 e. The summed E-state index contributed by atoms with van der Waals surface area (Å²) in [6.07, 6.45) is 4.40. The molecule has 5 heteroatoms. The van der Waals surface area contributed by atoms with E-state index in [4.69, 9.17) is 0 Å². The second-order valence-corrected chi connectivity index (χ2v) is 6.83. The Bertz CT molecular complexity index is 443. The van der Waals surface area contributed by atoms with E-state index in [-0.39, 0.29) is 30.3 Å². The van der Waals surface area contributed by atoms with Crippen LogP contribution in [0.1, 0.15) is 43.5 Å². The highest BCUT2D eigenvalue weighted by atomic mass is 35.5. The number of piperidine rings is 1. The minimum atomic E-state index is 0. The zero-order valence-electron chi connectivity index (χ0n) is 11.9. The maximum Gasteiger partial charge on any atom is 0.224 e. The molecule has 3 rings (SSSR count). The van der Waals surface area contributed by atoms with Gasteiger partial charge in [-0.3, -0.25) is 4.79 Å². The number of carbonyl (C=O) groups is 1. The van der Waals surface area contributed by atoms with E-state index >= 15 is 0 Å². The van der Waals surface area contributed by atoms with Crippen molar-refractivity contribution < 1.29 is 4.79 Å². The molecule has 0 aromatic carbocycles. The van der Waals surface area contributed by atoms with Crippen LogP contribution in [0, 0.1) is 11.3 Å². The van der Waals surface area contributed by atoms with Crippen molar-refractivity contribution in [2.75, 3.05) is 13.1 Å². The first-order chi connectivity index (χ1) is 9.25. The van der Waals surface area contributed by atoms with E-state index in [1.165, 1.54) is 17.7 Å². The van der Waals surface area contributed by atoms with Crippen LogP contribution >= 0.6 is 23.7 Å². The quantitative estimate of drug-likeness (QED) is 0.896. The first kappa shape index (κ1) is 15.8. The van der Waals surface area contributed by atoms with Gasteiger partial charge in [0.15, 0.2) is 0 Å². The van der Waals surface area contributed by atoms with Gasteiger partial charge >= 0.3 is 0 Å². The molecule has 1 saturated carbocycles. The lowest BCUT2D eigenvalue weighted by atomic mass is 9.91. The number of amides is 1. The van der Waals surface area contributed by atoms with Crippen molar-refractivity contribution in [2.45, 2.75) is 38.6 Å². The topological polar surface area (TPSA) is 41.1 Å². The molecule has 2 aliphatic rings. The van der Waals surface area contributed by atoms with Crippen LogP contribution < -0.4 is 10.6 Å². The van der Waals surface area contributed by atoms with Crippen LogP contribution in [0.25, 0.3) is 0 Å². The van der Waals surface area contributed by atoms with Gasteiger partial charge in [0.2, 0.25) is 5.91 Å². The summed E-state index contributed by atoms with van der Waals surface area (Å²) in [6.45, 7) is 4.29. The van der Waals surface area contributed by atoms with Crippen molar-refractivity contribution in [3.8, 4) is 0 Å². The molecule has 1 aliphatic carbocycles. The summed E-state index contributed by atoms with van der Waals surface area (Å²) >= 11 is 1.73. The van der Waals surface area contributed by atoms with Gasteiger partial charge in [-0.2, -0.15) is 0 Å². The Hall–Kier alpha value is -0.580. The van der Waals surface area contributed by atoms with Crippen LogP contribution in [0.2, 0.25) is 0 Å². The van der Waals surface area contributed by atoms with E-state index < -0.39 is 0 Å². The van der Waals surface area contributed by atoms with Crippen molar-refractivity contribution in [3.63, 3.8) is 0 Å². The Morgan fingerprint density at radius 2 is 2.30 bits per heavy atom. The molecule has 1 aliphatic heterocycles. The van der Waals surface area contributed by atoms with Gasteiger partial charge in [0.05, 0.1) is 6.04 Å². The summed E-state index contributed by atoms with van der Waals surface area (Å²) in [5.41, 5.74) is 0.336. The molecule has 1 spiro atoms. The van der Waals surface area contributed by atoms with Gasteiger partial charge in [-0.15, -0.1) is 23.7 Å². The molecule has 2 atom stereocenters. The fourth-order valence-corrected chi connectivity index (χ4v) is 4.19. The van der Waals surface area contributed by atoms with E-state index in [0.29, 0.717) is 5.41 Å². The van der Waals surface area contributed by atoms with E-state index in [0.717, 1.165) is 25.9 Å². The third-order valence-corrected chi connectivity index (χ3v) is 5.70. The van der Waals surface area contributed by atoms with Crippen LogP contribution in [0.4, 0.5) is 0 Å². The fourth-order valence-electron chi connectivity index (χ4n) is 3.33. The number of nitrogens with one attached hydrogen (secondary N) is 2. The van der Waals surface area contributed by atoms with Crippen LogP contribution in [-0.2, 0) is 4.79 Å². The highest BCUT2D eigenvalue weighted by molar-refractivity contribution is 7.10.